The van der Waals surface area contributed by atoms with Gasteiger partial charge in [-0.2, -0.15) is 0 Å². The van der Waals surface area contributed by atoms with Gasteiger partial charge in [-0.15, -0.1) is 11.3 Å². The molecule has 0 atom stereocenters. The van der Waals surface area contributed by atoms with Crippen LogP contribution in [0.15, 0.2) is 17.7 Å². The molecule has 1 rings (SSSR count). The first-order valence-corrected chi connectivity index (χ1v) is 4.78. The Morgan fingerprint density at radius 2 is 2.23 bits per heavy atom. The fourth-order valence-corrected chi connectivity index (χ4v) is 1.84. The number of hydrogen-bond donors (Lipinski definition) is 0. The van der Waals surface area contributed by atoms with Crippen molar-refractivity contribution >= 4 is 23.4 Å². The van der Waals surface area contributed by atoms with Gasteiger partial charge in [0.25, 0.3) is 0 Å². The zero-order valence-electron chi connectivity index (χ0n) is 7.96. The molecule has 0 aliphatic carbocycles. The van der Waals surface area contributed by atoms with Crippen molar-refractivity contribution in [3.8, 4) is 0 Å². The quantitative estimate of drug-likeness (QED) is 0.537. The average Bonchev–Trinajstić information content (AvgIpc) is 2.49. The van der Waals surface area contributed by atoms with E-state index in [0.717, 1.165) is 4.88 Å². The lowest BCUT2D eigenvalue weighted by atomic mass is 10.2. The van der Waals surface area contributed by atoms with Crippen LogP contribution in [0, 0.1) is 6.92 Å². The summed E-state index contributed by atoms with van der Waals surface area (Å²) in [5.74, 6) is -0.272. The minimum absolute atomic E-state index is 0.272. The molecule has 2 nitrogen and oxygen atoms in total. The topological polar surface area (TPSA) is 26.3 Å². The van der Waals surface area contributed by atoms with Crippen molar-refractivity contribution in [1.82, 2.24) is 0 Å². The van der Waals surface area contributed by atoms with Gasteiger partial charge >= 0.3 is 5.97 Å². The highest BCUT2D eigenvalue weighted by atomic mass is 32.1. The van der Waals surface area contributed by atoms with Crippen LogP contribution in [-0.4, -0.2) is 13.1 Å². The van der Waals surface area contributed by atoms with Gasteiger partial charge in [0.15, 0.2) is 0 Å². The second kappa shape index (κ2) is 4.23. The van der Waals surface area contributed by atoms with Crippen LogP contribution >= 0.6 is 11.3 Å². The number of aryl methyl sites for hydroxylation is 1. The van der Waals surface area contributed by atoms with Crippen LogP contribution in [0.4, 0.5) is 0 Å². The predicted octanol–water partition coefficient (Wildman–Crippen LogP) is 2.63. The van der Waals surface area contributed by atoms with Crippen molar-refractivity contribution in [2.45, 2.75) is 13.8 Å². The number of hydrogen-bond acceptors (Lipinski definition) is 3. The third-order valence-corrected chi connectivity index (χ3v) is 2.57. The number of carbonyl (C=O) groups is 1. The Bertz CT molecular complexity index is 336. The van der Waals surface area contributed by atoms with Crippen LogP contribution in [0.3, 0.4) is 0 Å². The third kappa shape index (κ3) is 2.70. The highest BCUT2D eigenvalue weighted by Gasteiger charge is 2.03. The molecule has 1 heterocycles. The van der Waals surface area contributed by atoms with Gasteiger partial charge in [-0.3, -0.25) is 0 Å². The Balaban J connectivity index is 2.82. The molecule has 0 amide bonds. The van der Waals surface area contributed by atoms with Gasteiger partial charge in [-0.25, -0.2) is 4.79 Å². The van der Waals surface area contributed by atoms with E-state index in [-0.39, 0.29) is 5.97 Å². The molecule has 0 bridgehead atoms. The highest BCUT2D eigenvalue weighted by molar-refractivity contribution is 7.12. The monoisotopic (exact) mass is 196 g/mol. The van der Waals surface area contributed by atoms with E-state index in [1.54, 1.807) is 18.3 Å². The summed E-state index contributed by atoms with van der Waals surface area (Å²) in [4.78, 5) is 13.4. The highest BCUT2D eigenvalue weighted by Crippen LogP contribution is 2.18. The van der Waals surface area contributed by atoms with Crippen molar-refractivity contribution in [2.75, 3.05) is 7.11 Å². The Kier molecular flexibility index (Phi) is 3.25. The number of thiophene rings is 1. The zero-order chi connectivity index (χ0) is 9.84. The van der Waals surface area contributed by atoms with Gasteiger partial charge in [-0.1, -0.05) is 0 Å². The van der Waals surface area contributed by atoms with Crippen LogP contribution in [0.2, 0.25) is 0 Å². The molecule has 0 aromatic carbocycles. The summed E-state index contributed by atoms with van der Waals surface area (Å²) in [6, 6.07) is 4.02. The van der Waals surface area contributed by atoms with Crippen molar-refractivity contribution < 1.29 is 9.53 Å². The van der Waals surface area contributed by atoms with Gasteiger partial charge < -0.3 is 4.74 Å². The largest absolute Gasteiger partial charge is 0.466 e. The van der Waals surface area contributed by atoms with E-state index < -0.39 is 0 Å². The van der Waals surface area contributed by atoms with E-state index in [9.17, 15) is 4.79 Å². The number of esters is 1. The summed E-state index contributed by atoms with van der Waals surface area (Å²) >= 11 is 1.66. The van der Waals surface area contributed by atoms with Crippen LogP contribution in [0.25, 0.3) is 6.08 Å². The summed E-state index contributed by atoms with van der Waals surface area (Å²) in [5, 5.41) is 0. The molecule has 1 aromatic heterocycles. The van der Waals surface area contributed by atoms with Gasteiger partial charge in [-0.05, 0) is 32.1 Å². The number of carbonyl (C=O) groups excluding carboxylic acids is 1. The summed E-state index contributed by atoms with van der Waals surface area (Å²) < 4.78 is 4.59. The average molecular weight is 196 g/mol. The number of rotatable bonds is 2. The summed E-state index contributed by atoms with van der Waals surface area (Å²) in [7, 11) is 1.39. The smallest absolute Gasteiger partial charge is 0.333 e. The fraction of sp³-hybridized carbons (Fsp3) is 0.300. The van der Waals surface area contributed by atoms with E-state index in [2.05, 4.69) is 4.74 Å². The van der Waals surface area contributed by atoms with E-state index in [0.29, 0.717) is 5.57 Å². The molecule has 0 N–H and O–H groups in total. The molecule has 0 aliphatic heterocycles. The summed E-state index contributed by atoms with van der Waals surface area (Å²) in [6.45, 7) is 3.79. The minimum atomic E-state index is -0.272. The lowest BCUT2D eigenvalue weighted by Crippen LogP contribution is -2.00. The maximum absolute atomic E-state index is 11.0. The first-order valence-electron chi connectivity index (χ1n) is 3.96. The molecule has 13 heavy (non-hydrogen) atoms. The molecule has 0 fully saturated rings. The Morgan fingerprint density at radius 1 is 1.54 bits per heavy atom. The molecule has 3 heteroatoms. The Labute approximate surface area is 81.8 Å². The molecule has 0 unspecified atom stereocenters. The Hall–Kier alpha value is -1.09. The van der Waals surface area contributed by atoms with E-state index in [1.165, 1.54) is 12.0 Å². The van der Waals surface area contributed by atoms with E-state index in [4.69, 9.17) is 0 Å². The third-order valence-electron chi connectivity index (χ3n) is 1.63. The van der Waals surface area contributed by atoms with Gasteiger partial charge in [0.2, 0.25) is 0 Å². The number of ether oxygens (including phenoxy) is 1. The number of methoxy groups -OCH3 is 1. The normalized spacial score (nSPS) is 11.5. The molecule has 0 saturated carbocycles. The molecule has 0 aliphatic rings. The van der Waals surface area contributed by atoms with Crippen molar-refractivity contribution in [3.05, 3.63) is 27.5 Å². The first kappa shape index (κ1) is 9.99. The molecular formula is C10H12O2S. The van der Waals surface area contributed by atoms with Gasteiger partial charge in [0.1, 0.15) is 0 Å². The molecule has 0 radical (unpaired) electrons. The summed E-state index contributed by atoms with van der Waals surface area (Å²) in [6.07, 6.45) is 1.84. The van der Waals surface area contributed by atoms with E-state index in [1.807, 2.05) is 25.1 Å². The molecule has 1 aromatic rings. The maximum Gasteiger partial charge on any atom is 0.333 e. The summed E-state index contributed by atoms with van der Waals surface area (Å²) in [5.41, 5.74) is 0.629. The molecule has 70 valence electrons. The standard InChI is InChI=1S/C10H12O2S/c1-7(10(11)12-3)6-9-5-4-8(2)13-9/h4-6H,1-3H3. The van der Waals surface area contributed by atoms with Crippen LogP contribution < -0.4 is 0 Å². The van der Waals surface area contributed by atoms with Crippen molar-refractivity contribution in [2.24, 2.45) is 0 Å². The molecule has 0 spiro atoms. The van der Waals surface area contributed by atoms with Crippen molar-refractivity contribution in [1.29, 1.82) is 0 Å². The fourth-order valence-electron chi connectivity index (χ4n) is 0.964. The van der Waals surface area contributed by atoms with Crippen LogP contribution in [0.5, 0.6) is 0 Å². The van der Waals surface area contributed by atoms with Crippen LogP contribution in [0.1, 0.15) is 16.7 Å². The Morgan fingerprint density at radius 3 is 2.69 bits per heavy atom. The zero-order valence-corrected chi connectivity index (χ0v) is 8.77. The maximum atomic E-state index is 11.0. The van der Waals surface area contributed by atoms with Crippen LogP contribution in [-0.2, 0) is 9.53 Å². The predicted molar refractivity (Wildman–Crippen MR) is 54.7 cm³/mol. The minimum Gasteiger partial charge on any atom is -0.466 e. The second-order valence-corrected chi connectivity index (χ2v) is 4.09. The van der Waals surface area contributed by atoms with Crippen molar-refractivity contribution in [3.63, 3.8) is 0 Å². The SMILES string of the molecule is COC(=O)C(C)=Cc1ccc(C)s1. The lowest BCUT2D eigenvalue weighted by molar-refractivity contribution is -0.135. The van der Waals surface area contributed by atoms with Gasteiger partial charge in [0, 0.05) is 15.3 Å². The second-order valence-electron chi connectivity index (χ2n) is 2.77. The van der Waals surface area contributed by atoms with Gasteiger partial charge in [0.05, 0.1) is 7.11 Å². The van der Waals surface area contributed by atoms with E-state index >= 15 is 0 Å². The molecular weight excluding hydrogens is 184 g/mol. The molecule has 0 saturated heterocycles. The lowest BCUT2D eigenvalue weighted by Gasteiger charge is -1.96. The first-order chi connectivity index (χ1) is 6.13.